The molecule has 39 heavy (non-hydrogen) atoms. The maximum absolute atomic E-state index is 14.7. The Morgan fingerprint density at radius 2 is 1.92 bits per heavy atom. The number of aryl methyl sites for hydroxylation is 1. The number of amides is 1. The number of carbonyl (C=O) groups excluding carboxylic acids is 1. The summed E-state index contributed by atoms with van der Waals surface area (Å²) < 4.78 is 46.1. The normalized spacial score (nSPS) is 12.6. The smallest absolute Gasteiger partial charge is 0.252 e. The van der Waals surface area contributed by atoms with Gasteiger partial charge in [0.15, 0.2) is 21.4 Å². The molecule has 3 heterocycles. The van der Waals surface area contributed by atoms with Crippen LogP contribution in [0.4, 0.5) is 4.39 Å². The number of nitrogens with zero attached hydrogens (tertiary/aromatic N) is 3. The van der Waals surface area contributed by atoms with E-state index in [9.17, 15) is 22.7 Å². The minimum Gasteiger partial charge on any atom is -0.488 e. The van der Waals surface area contributed by atoms with Crippen LogP contribution < -0.4 is 10.1 Å². The van der Waals surface area contributed by atoms with Gasteiger partial charge in [-0.05, 0) is 62.7 Å². The molecular formula is C28H31FN4O5S. The summed E-state index contributed by atoms with van der Waals surface area (Å²) in [6.45, 7) is 6.73. The molecule has 206 valence electrons. The van der Waals surface area contributed by atoms with Gasteiger partial charge >= 0.3 is 0 Å². The van der Waals surface area contributed by atoms with Crippen LogP contribution in [0.1, 0.15) is 55.5 Å². The Morgan fingerprint density at radius 3 is 2.51 bits per heavy atom. The fraction of sp³-hybridized carbons (Fsp3) is 0.321. The fourth-order valence-corrected chi connectivity index (χ4v) is 5.03. The summed E-state index contributed by atoms with van der Waals surface area (Å²) in [4.78, 5) is 22.0. The van der Waals surface area contributed by atoms with Crippen LogP contribution in [0, 0.1) is 5.82 Å². The van der Waals surface area contributed by atoms with Gasteiger partial charge in [0.05, 0.1) is 46.5 Å². The van der Waals surface area contributed by atoms with Crippen molar-refractivity contribution in [2.45, 2.75) is 51.2 Å². The van der Waals surface area contributed by atoms with Crippen molar-refractivity contribution in [3.8, 4) is 17.0 Å². The zero-order valence-electron chi connectivity index (χ0n) is 22.2. The molecule has 2 N–H and O–H groups in total. The molecule has 0 spiro atoms. The van der Waals surface area contributed by atoms with E-state index in [0.717, 1.165) is 5.69 Å². The average Bonchev–Trinajstić information content (AvgIpc) is 3.30. The lowest BCUT2D eigenvalue weighted by Crippen LogP contribution is -2.31. The molecule has 0 aliphatic heterocycles. The Hall–Kier alpha value is -3.83. The van der Waals surface area contributed by atoms with E-state index in [1.54, 1.807) is 37.4 Å². The minimum atomic E-state index is -3.42. The van der Waals surface area contributed by atoms with E-state index < -0.39 is 34.2 Å². The number of fused-ring (bicyclic) bond motifs is 1. The highest BCUT2D eigenvalue weighted by atomic mass is 32.2. The third kappa shape index (κ3) is 5.94. The molecule has 0 aliphatic carbocycles. The zero-order valence-corrected chi connectivity index (χ0v) is 23.0. The molecular weight excluding hydrogens is 523 g/mol. The lowest BCUT2D eigenvalue weighted by Gasteiger charge is -2.16. The third-order valence-corrected chi connectivity index (χ3v) is 7.95. The predicted octanol–water partition coefficient (Wildman–Crippen LogP) is 4.14. The number of aromatic nitrogens is 3. The van der Waals surface area contributed by atoms with Gasteiger partial charge in [-0.2, -0.15) is 0 Å². The number of hydrogen-bond donors (Lipinski definition) is 2. The van der Waals surface area contributed by atoms with Crippen LogP contribution in [-0.4, -0.2) is 52.3 Å². The largest absolute Gasteiger partial charge is 0.488 e. The summed E-state index contributed by atoms with van der Waals surface area (Å²) in [5.41, 5.74) is 3.18. The van der Waals surface area contributed by atoms with Crippen molar-refractivity contribution >= 4 is 21.4 Å². The second-order valence-corrected chi connectivity index (χ2v) is 11.5. The van der Waals surface area contributed by atoms with E-state index in [1.807, 2.05) is 25.2 Å². The summed E-state index contributed by atoms with van der Waals surface area (Å²) in [5.74, 6) is -0.834. The number of halogens is 1. The number of pyridine rings is 2. The standard InChI is InChI=1S/C28H31FN4O5S/c1-5-24-27(18-7-10-25(21(29)13-18)38-17(3)4)32-26-14-19(11-12-33(24)26)28(35)31-23(16-34)22-9-8-20(15-30-22)39(36,37)6-2/h7-15,17,23,34H,5-6,16H2,1-4H3,(H,31,35)/t23-/m0/s1. The number of nitrogens with one attached hydrogen (secondary N) is 1. The fourth-order valence-electron chi connectivity index (χ4n) is 4.21. The van der Waals surface area contributed by atoms with Crippen LogP contribution in [0.2, 0.25) is 0 Å². The molecule has 3 aromatic heterocycles. The number of rotatable bonds is 10. The number of sulfone groups is 1. The van der Waals surface area contributed by atoms with Crippen LogP contribution in [0.15, 0.2) is 59.8 Å². The van der Waals surface area contributed by atoms with Crippen molar-refractivity contribution in [2.24, 2.45) is 0 Å². The highest BCUT2D eigenvalue weighted by molar-refractivity contribution is 7.91. The van der Waals surface area contributed by atoms with E-state index >= 15 is 0 Å². The maximum atomic E-state index is 14.7. The molecule has 0 unspecified atom stereocenters. The van der Waals surface area contributed by atoms with Crippen LogP contribution in [0.3, 0.4) is 0 Å². The van der Waals surface area contributed by atoms with Gasteiger partial charge < -0.3 is 19.6 Å². The van der Waals surface area contributed by atoms with Crippen molar-refractivity contribution in [3.05, 3.63) is 77.6 Å². The van der Waals surface area contributed by atoms with Gasteiger partial charge in [0.25, 0.3) is 5.91 Å². The second kappa shape index (κ2) is 11.5. The number of hydrogen-bond acceptors (Lipinski definition) is 7. The number of aliphatic hydroxyl groups excluding tert-OH is 1. The van der Waals surface area contributed by atoms with Crippen molar-refractivity contribution in [2.75, 3.05) is 12.4 Å². The van der Waals surface area contributed by atoms with Crippen molar-refractivity contribution in [3.63, 3.8) is 0 Å². The molecule has 0 radical (unpaired) electrons. The van der Waals surface area contributed by atoms with Crippen molar-refractivity contribution in [1.29, 1.82) is 0 Å². The summed E-state index contributed by atoms with van der Waals surface area (Å²) in [6, 6.07) is 10.0. The van der Waals surface area contributed by atoms with E-state index in [-0.39, 0.29) is 22.5 Å². The van der Waals surface area contributed by atoms with Gasteiger partial charge in [-0.15, -0.1) is 0 Å². The number of carbonyl (C=O) groups is 1. The molecule has 0 saturated carbocycles. The number of ether oxygens (including phenoxy) is 1. The van der Waals surface area contributed by atoms with Crippen LogP contribution in [0.5, 0.6) is 5.75 Å². The van der Waals surface area contributed by atoms with Crippen LogP contribution in [0.25, 0.3) is 16.9 Å². The lowest BCUT2D eigenvalue weighted by atomic mass is 10.1. The van der Waals surface area contributed by atoms with Crippen LogP contribution in [-0.2, 0) is 16.3 Å². The average molecular weight is 555 g/mol. The van der Waals surface area contributed by atoms with Crippen molar-refractivity contribution < 1.29 is 27.4 Å². The molecule has 0 bridgehead atoms. The van der Waals surface area contributed by atoms with Gasteiger partial charge in [-0.3, -0.25) is 9.78 Å². The van der Waals surface area contributed by atoms with E-state index in [0.29, 0.717) is 34.6 Å². The Morgan fingerprint density at radius 1 is 1.15 bits per heavy atom. The Balaban J connectivity index is 1.60. The first-order valence-corrected chi connectivity index (χ1v) is 14.3. The molecule has 9 nitrogen and oxygen atoms in total. The minimum absolute atomic E-state index is 0.0568. The lowest BCUT2D eigenvalue weighted by molar-refractivity contribution is 0.0914. The molecule has 11 heteroatoms. The molecule has 4 aromatic rings. The Labute approximate surface area is 226 Å². The SMILES string of the molecule is CCc1c(-c2ccc(OC(C)C)c(F)c2)nc2cc(C(=O)N[C@@H](CO)c3ccc(S(=O)(=O)CC)cn3)ccn12. The van der Waals surface area contributed by atoms with Gasteiger partial charge in [0.2, 0.25) is 0 Å². The van der Waals surface area contributed by atoms with Crippen LogP contribution >= 0.6 is 0 Å². The summed E-state index contributed by atoms with van der Waals surface area (Å²) in [7, 11) is -3.42. The number of aliphatic hydroxyl groups is 1. The van der Waals surface area contributed by atoms with Gasteiger partial charge in [0.1, 0.15) is 5.65 Å². The van der Waals surface area contributed by atoms with Gasteiger partial charge in [-0.1, -0.05) is 13.8 Å². The Kier molecular flexibility index (Phi) is 8.31. The van der Waals surface area contributed by atoms with E-state index in [2.05, 4.69) is 15.3 Å². The van der Waals surface area contributed by atoms with E-state index in [1.165, 1.54) is 24.4 Å². The molecule has 4 rings (SSSR count). The monoisotopic (exact) mass is 554 g/mol. The maximum Gasteiger partial charge on any atom is 0.252 e. The first-order chi connectivity index (χ1) is 18.6. The molecule has 0 fully saturated rings. The predicted molar refractivity (Wildman–Crippen MR) is 145 cm³/mol. The zero-order chi connectivity index (χ0) is 28.3. The summed E-state index contributed by atoms with van der Waals surface area (Å²) in [6.07, 6.45) is 3.41. The highest BCUT2D eigenvalue weighted by Gasteiger charge is 2.20. The third-order valence-electron chi connectivity index (χ3n) is 6.23. The Bertz CT molecular complexity index is 1600. The summed E-state index contributed by atoms with van der Waals surface area (Å²) >= 11 is 0. The number of benzene rings is 1. The van der Waals surface area contributed by atoms with Gasteiger partial charge in [-0.25, -0.2) is 17.8 Å². The highest BCUT2D eigenvalue weighted by Crippen LogP contribution is 2.29. The van der Waals surface area contributed by atoms with E-state index in [4.69, 9.17) is 4.74 Å². The van der Waals surface area contributed by atoms with Crippen molar-refractivity contribution in [1.82, 2.24) is 19.7 Å². The molecule has 1 atom stereocenters. The first-order valence-electron chi connectivity index (χ1n) is 12.7. The summed E-state index contributed by atoms with van der Waals surface area (Å²) in [5, 5.41) is 12.6. The number of imidazole rings is 1. The molecule has 1 amide bonds. The van der Waals surface area contributed by atoms with Gasteiger partial charge in [0, 0.05) is 23.5 Å². The topological polar surface area (TPSA) is 123 Å². The molecule has 0 saturated heterocycles. The second-order valence-electron chi connectivity index (χ2n) is 9.25. The quantitative estimate of drug-likeness (QED) is 0.302. The molecule has 0 aliphatic rings. The first kappa shape index (κ1) is 28.2. The molecule has 1 aromatic carbocycles.